The summed E-state index contributed by atoms with van der Waals surface area (Å²) in [6, 6.07) is 32.7. The van der Waals surface area contributed by atoms with Crippen molar-refractivity contribution < 1.29 is 9.53 Å². The van der Waals surface area contributed by atoms with E-state index in [9.17, 15) is 4.79 Å². The predicted molar refractivity (Wildman–Crippen MR) is 138 cm³/mol. The Morgan fingerprint density at radius 2 is 1.65 bits per heavy atom. The molecule has 0 aliphatic carbocycles. The SMILES string of the molecule is O=C(Nc1ccc(OCc2ccccc2)cc1)C1CCCN(Cc2cccc3ccccc23)C1. The molecule has 172 valence electrons. The molecule has 0 bridgehead atoms. The Hall–Kier alpha value is -3.63. The number of hydrogen-bond acceptors (Lipinski definition) is 3. The van der Waals surface area contributed by atoms with Crippen LogP contribution >= 0.6 is 0 Å². The first-order chi connectivity index (χ1) is 16.7. The zero-order valence-corrected chi connectivity index (χ0v) is 19.3. The fourth-order valence-corrected chi connectivity index (χ4v) is 4.70. The Morgan fingerprint density at radius 1 is 0.882 bits per heavy atom. The number of carbonyl (C=O) groups is 1. The predicted octanol–water partition coefficient (Wildman–Crippen LogP) is 6.27. The third-order valence-electron chi connectivity index (χ3n) is 6.52. The van der Waals surface area contributed by atoms with Gasteiger partial charge in [0.2, 0.25) is 5.91 Å². The van der Waals surface area contributed by atoms with Crippen LogP contribution in [0.2, 0.25) is 0 Å². The van der Waals surface area contributed by atoms with E-state index < -0.39 is 0 Å². The van der Waals surface area contributed by atoms with E-state index in [1.54, 1.807) is 0 Å². The molecule has 1 N–H and O–H groups in total. The van der Waals surface area contributed by atoms with E-state index in [2.05, 4.69) is 52.7 Å². The van der Waals surface area contributed by atoms with Gasteiger partial charge in [-0.05, 0) is 65.6 Å². The first-order valence-corrected chi connectivity index (χ1v) is 12.0. The molecular weight excluding hydrogens is 420 g/mol. The minimum absolute atomic E-state index is 0.00210. The second kappa shape index (κ2) is 10.5. The van der Waals surface area contributed by atoms with Crippen molar-refractivity contribution in [1.82, 2.24) is 4.90 Å². The van der Waals surface area contributed by atoms with E-state index in [1.807, 2.05) is 54.6 Å². The lowest BCUT2D eigenvalue weighted by Crippen LogP contribution is -2.40. The van der Waals surface area contributed by atoms with Crippen molar-refractivity contribution in [2.75, 3.05) is 18.4 Å². The van der Waals surface area contributed by atoms with Crippen LogP contribution in [0.3, 0.4) is 0 Å². The molecule has 1 aliphatic heterocycles. The van der Waals surface area contributed by atoms with Crippen LogP contribution in [0.5, 0.6) is 5.75 Å². The highest BCUT2D eigenvalue weighted by Gasteiger charge is 2.26. The van der Waals surface area contributed by atoms with Gasteiger partial charge in [0.15, 0.2) is 0 Å². The quantitative estimate of drug-likeness (QED) is 0.361. The number of likely N-dealkylation sites (tertiary alicyclic amines) is 1. The number of nitrogens with one attached hydrogen (secondary N) is 1. The Labute approximate surface area is 201 Å². The van der Waals surface area contributed by atoms with E-state index in [-0.39, 0.29) is 11.8 Å². The molecule has 34 heavy (non-hydrogen) atoms. The summed E-state index contributed by atoms with van der Waals surface area (Å²) in [6.45, 7) is 3.22. The zero-order chi connectivity index (χ0) is 23.2. The van der Waals surface area contributed by atoms with Crippen LogP contribution in [0.15, 0.2) is 97.1 Å². The highest BCUT2D eigenvalue weighted by molar-refractivity contribution is 5.92. The number of anilines is 1. The molecule has 1 heterocycles. The highest BCUT2D eigenvalue weighted by atomic mass is 16.5. The summed E-state index contributed by atoms with van der Waals surface area (Å²) in [7, 11) is 0. The van der Waals surface area contributed by atoms with Gasteiger partial charge < -0.3 is 10.1 Å². The molecule has 1 unspecified atom stereocenters. The molecule has 4 aromatic rings. The third-order valence-corrected chi connectivity index (χ3v) is 6.52. The smallest absolute Gasteiger partial charge is 0.228 e. The fraction of sp³-hybridized carbons (Fsp3) is 0.233. The second-order valence-corrected chi connectivity index (χ2v) is 9.00. The van der Waals surface area contributed by atoms with Crippen LogP contribution in [0.25, 0.3) is 10.8 Å². The molecule has 1 amide bonds. The van der Waals surface area contributed by atoms with Gasteiger partial charge in [-0.1, -0.05) is 72.8 Å². The Balaban J connectivity index is 1.16. The van der Waals surface area contributed by atoms with E-state index in [0.717, 1.165) is 49.5 Å². The van der Waals surface area contributed by atoms with Crippen LogP contribution in [0.4, 0.5) is 5.69 Å². The second-order valence-electron chi connectivity index (χ2n) is 9.00. The van der Waals surface area contributed by atoms with Crippen molar-refractivity contribution in [2.45, 2.75) is 26.0 Å². The molecule has 0 saturated carbocycles. The number of fused-ring (bicyclic) bond motifs is 1. The van der Waals surface area contributed by atoms with E-state index >= 15 is 0 Å². The molecule has 1 fully saturated rings. The van der Waals surface area contributed by atoms with Crippen molar-refractivity contribution in [2.24, 2.45) is 5.92 Å². The van der Waals surface area contributed by atoms with Crippen molar-refractivity contribution in [3.05, 3.63) is 108 Å². The summed E-state index contributed by atoms with van der Waals surface area (Å²) in [5.41, 5.74) is 3.26. The minimum Gasteiger partial charge on any atom is -0.489 e. The van der Waals surface area contributed by atoms with Gasteiger partial charge >= 0.3 is 0 Å². The van der Waals surface area contributed by atoms with Gasteiger partial charge in [-0.15, -0.1) is 0 Å². The molecule has 4 aromatic carbocycles. The lowest BCUT2D eigenvalue weighted by molar-refractivity contribution is -0.121. The molecule has 1 saturated heterocycles. The number of ether oxygens (including phenoxy) is 1. The van der Waals surface area contributed by atoms with E-state index in [0.29, 0.717) is 6.61 Å². The average Bonchev–Trinajstić information content (AvgIpc) is 2.89. The third kappa shape index (κ3) is 5.46. The standard InChI is InChI=1S/C30H30N2O2/c33-30(31-27-15-17-28(18-16-27)34-22-23-8-2-1-3-9-23)26-13-7-19-32(21-26)20-25-12-6-11-24-10-4-5-14-29(24)25/h1-6,8-12,14-18,26H,7,13,19-22H2,(H,31,33). The van der Waals surface area contributed by atoms with Gasteiger partial charge in [-0.2, -0.15) is 0 Å². The summed E-state index contributed by atoms with van der Waals surface area (Å²) in [5, 5.41) is 5.67. The zero-order valence-electron chi connectivity index (χ0n) is 19.3. The lowest BCUT2D eigenvalue weighted by atomic mass is 9.96. The Morgan fingerprint density at radius 3 is 2.50 bits per heavy atom. The van der Waals surface area contributed by atoms with Gasteiger partial charge in [0.1, 0.15) is 12.4 Å². The largest absolute Gasteiger partial charge is 0.489 e. The molecule has 0 aromatic heterocycles. The number of carbonyl (C=O) groups excluding carboxylic acids is 1. The van der Waals surface area contributed by atoms with Gasteiger partial charge in [0.05, 0.1) is 5.92 Å². The Kier molecular flexibility index (Phi) is 6.87. The van der Waals surface area contributed by atoms with Crippen molar-refractivity contribution >= 4 is 22.4 Å². The number of piperidine rings is 1. The fourth-order valence-electron chi connectivity index (χ4n) is 4.70. The van der Waals surface area contributed by atoms with Crippen LogP contribution < -0.4 is 10.1 Å². The number of rotatable bonds is 7. The number of nitrogens with zero attached hydrogens (tertiary/aromatic N) is 1. The molecule has 1 aliphatic rings. The summed E-state index contributed by atoms with van der Waals surface area (Å²) in [6.07, 6.45) is 1.96. The van der Waals surface area contributed by atoms with Gasteiger partial charge in [-0.25, -0.2) is 0 Å². The molecule has 0 radical (unpaired) electrons. The topological polar surface area (TPSA) is 41.6 Å². The van der Waals surface area contributed by atoms with E-state index in [4.69, 9.17) is 4.74 Å². The van der Waals surface area contributed by atoms with Gasteiger partial charge in [-0.3, -0.25) is 9.69 Å². The maximum atomic E-state index is 13.0. The Bertz CT molecular complexity index is 1230. The van der Waals surface area contributed by atoms with Crippen molar-refractivity contribution in [1.29, 1.82) is 0 Å². The van der Waals surface area contributed by atoms with Crippen LogP contribution in [-0.2, 0) is 17.9 Å². The molecule has 1 atom stereocenters. The highest BCUT2D eigenvalue weighted by Crippen LogP contribution is 2.25. The normalized spacial score (nSPS) is 16.3. The summed E-state index contributed by atoms with van der Waals surface area (Å²) >= 11 is 0. The lowest BCUT2D eigenvalue weighted by Gasteiger charge is -2.32. The number of amides is 1. The van der Waals surface area contributed by atoms with Crippen LogP contribution in [-0.4, -0.2) is 23.9 Å². The van der Waals surface area contributed by atoms with Crippen molar-refractivity contribution in [3.63, 3.8) is 0 Å². The molecule has 0 spiro atoms. The number of benzene rings is 4. The average molecular weight is 451 g/mol. The summed E-state index contributed by atoms with van der Waals surface area (Å²) in [5.74, 6) is 0.888. The maximum Gasteiger partial charge on any atom is 0.228 e. The van der Waals surface area contributed by atoms with Crippen LogP contribution in [0, 0.1) is 5.92 Å². The minimum atomic E-state index is -0.00210. The molecule has 4 nitrogen and oxygen atoms in total. The summed E-state index contributed by atoms with van der Waals surface area (Å²) < 4.78 is 5.85. The first-order valence-electron chi connectivity index (χ1n) is 12.0. The van der Waals surface area contributed by atoms with Crippen LogP contribution in [0.1, 0.15) is 24.0 Å². The monoisotopic (exact) mass is 450 g/mol. The first kappa shape index (κ1) is 22.2. The van der Waals surface area contributed by atoms with Crippen molar-refractivity contribution in [3.8, 4) is 5.75 Å². The van der Waals surface area contributed by atoms with Gasteiger partial charge in [0.25, 0.3) is 0 Å². The van der Waals surface area contributed by atoms with Gasteiger partial charge in [0, 0.05) is 18.8 Å². The number of hydrogen-bond donors (Lipinski definition) is 1. The molecule has 5 rings (SSSR count). The summed E-state index contributed by atoms with van der Waals surface area (Å²) in [4.78, 5) is 15.4. The molecular formula is C30H30N2O2. The maximum absolute atomic E-state index is 13.0. The van der Waals surface area contributed by atoms with E-state index in [1.165, 1.54) is 16.3 Å². The molecule has 4 heteroatoms.